The summed E-state index contributed by atoms with van der Waals surface area (Å²) in [5.41, 5.74) is 0.255. The molecule has 0 N–H and O–H groups in total. The maximum Gasteiger partial charge on any atom is 0.311 e. The Labute approximate surface area is 112 Å². The van der Waals surface area contributed by atoms with Gasteiger partial charge < -0.3 is 4.74 Å². The summed E-state index contributed by atoms with van der Waals surface area (Å²) < 4.78 is 5.46. The van der Waals surface area contributed by atoms with Crippen molar-refractivity contribution in [3.63, 3.8) is 0 Å². The predicted molar refractivity (Wildman–Crippen MR) is 72.7 cm³/mol. The lowest BCUT2D eigenvalue weighted by molar-refractivity contribution is -0.385. The van der Waals surface area contributed by atoms with Crippen LogP contribution >= 0.6 is 0 Å². The monoisotopic (exact) mass is 265 g/mol. The predicted octanol–water partition coefficient (Wildman–Crippen LogP) is 3.61. The number of nitro groups is 1. The van der Waals surface area contributed by atoms with Gasteiger partial charge in [0.15, 0.2) is 11.5 Å². The summed E-state index contributed by atoms with van der Waals surface area (Å²) in [5, 5.41) is 11.0. The highest BCUT2D eigenvalue weighted by molar-refractivity contribution is 5.95. The summed E-state index contributed by atoms with van der Waals surface area (Å²) in [5.74, 6) is 0.00333. The van der Waals surface area contributed by atoms with Crippen molar-refractivity contribution in [3.8, 4) is 5.75 Å². The van der Waals surface area contributed by atoms with E-state index < -0.39 is 4.92 Å². The molecule has 5 heteroatoms. The van der Waals surface area contributed by atoms with E-state index in [1.54, 1.807) is 6.07 Å². The molecule has 0 aliphatic rings. The number of carbonyl (C=O) groups excluding carboxylic acids is 1. The summed E-state index contributed by atoms with van der Waals surface area (Å²) in [4.78, 5) is 21.7. The minimum Gasteiger partial charge on any atom is -0.487 e. The van der Waals surface area contributed by atoms with Crippen molar-refractivity contribution in [2.24, 2.45) is 5.41 Å². The number of Topliss-reactive ketones (excluding diaryl/α,β-unsaturated/α-hetero) is 1. The van der Waals surface area contributed by atoms with Crippen molar-refractivity contribution in [2.45, 2.75) is 34.1 Å². The molecule has 0 radical (unpaired) electrons. The Balaban J connectivity index is 2.89. The first-order valence-electron chi connectivity index (χ1n) is 6.13. The highest BCUT2D eigenvalue weighted by Gasteiger charge is 2.18. The topological polar surface area (TPSA) is 69.4 Å². The average Bonchev–Trinajstić information content (AvgIpc) is 2.27. The fraction of sp³-hybridized carbons (Fsp3) is 0.500. The third kappa shape index (κ3) is 4.69. The van der Waals surface area contributed by atoms with Crippen molar-refractivity contribution >= 4 is 11.5 Å². The van der Waals surface area contributed by atoms with Crippen LogP contribution in [0.2, 0.25) is 0 Å². The summed E-state index contributed by atoms with van der Waals surface area (Å²) in [6.07, 6.45) is 0.790. The zero-order chi connectivity index (χ0) is 14.6. The normalized spacial score (nSPS) is 11.2. The third-order valence-electron chi connectivity index (χ3n) is 2.67. The molecule has 0 spiro atoms. The van der Waals surface area contributed by atoms with Crippen LogP contribution < -0.4 is 4.74 Å². The van der Waals surface area contributed by atoms with Gasteiger partial charge in [-0.2, -0.15) is 0 Å². The first-order chi connectivity index (χ1) is 8.70. The summed E-state index contributed by atoms with van der Waals surface area (Å²) in [7, 11) is 0. The van der Waals surface area contributed by atoms with E-state index in [1.165, 1.54) is 19.1 Å². The van der Waals surface area contributed by atoms with Crippen LogP contribution in [-0.2, 0) is 0 Å². The van der Waals surface area contributed by atoms with Crippen LogP contribution in [0.3, 0.4) is 0 Å². The Bertz CT molecular complexity index is 489. The van der Waals surface area contributed by atoms with E-state index >= 15 is 0 Å². The van der Waals surface area contributed by atoms with Gasteiger partial charge in [0, 0.05) is 11.6 Å². The molecule has 104 valence electrons. The van der Waals surface area contributed by atoms with Crippen molar-refractivity contribution in [2.75, 3.05) is 6.61 Å². The van der Waals surface area contributed by atoms with E-state index in [0.717, 1.165) is 6.42 Å². The zero-order valence-electron chi connectivity index (χ0n) is 11.7. The van der Waals surface area contributed by atoms with Gasteiger partial charge in [0.2, 0.25) is 0 Å². The zero-order valence-corrected chi connectivity index (χ0v) is 11.7. The molecule has 19 heavy (non-hydrogen) atoms. The van der Waals surface area contributed by atoms with Gasteiger partial charge in [-0.3, -0.25) is 14.9 Å². The fourth-order valence-electron chi connectivity index (χ4n) is 1.47. The quantitative estimate of drug-likeness (QED) is 0.463. The number of nitrogens with zero attached hydrogens (tertiary/aromatic N) is 1. The molecule has 0 unspecified atom stereocenters. The Hall–Kier alpha value is -1.91. The fourth-order valence-corrected chi connectivity index (χ4v) is 1.47. The van der Waals surface area contributed by atoms with E-state index in [1.807, 2.05) is 0 Å². The molecule has 0 bridgehead atoms. The van der Waals surface area contributed by atoms with Crippen molar-refractivity contribution in [3.05, 3.63) is 33.9 Å². The molecule has 0 aromatic heterocycles. The standard InChI is InChI=1S/C14H19NO4/c1-10(16)11-5-6-13(12(9-11)15(17)18)19-8-7-14(2,3)4/h5-6,9H,7-8H2,1-4H3. The number of hydrogen-bond donors (Lipinski definition) is 0. The second-order valence-electron chi connectivity index (χ2n) is 5.65. The van der Waals surface area contributed by atoms with E-state index in [9.17, 15) is 14.9 Å². The molecule has 0 heterocycles. The van der Waals surface area contributed by atoms with Gasteiger partial charge in [-0.15, -0.1) is 0 Å². The number of nitro benzene ring substituents is 1. The Kier molecular flexibility index (Phi) is 4.64. The first kappa shape index (κ1) is 15.1. The third-order valence-corrected chi connectivity index (χ3v) is 2.67. The van der Waals surface area contributed by atoms with Gasteiger partial charge in [0.25, 0.3) is 0 Å². The molecule has 1 aromatic carbocycles. The number of hydrogen-bond acceptors (Lipinski definition) is 4. The van der Waals surface area contributed by atoms with Crippen LogP contribution in [0.15, 0.2) is 18.2 Å². The molecular weight excluding hydrogens is 246 g/mol. The first-order valence-corrected chi connectivity index (χ1v) is 6.13. The molecule has 0 atom stereocenters. The number of benzene rings is 1. The summed E-state index contributed by atoms with van der Waals surface area (Å²) in [6.45, 7) is 8.00. The maximum absolute atomic E-state index is 11.2. The second kappa shape index (κ2) is 5.82. The molecule has 0 amide bonds. The van der Waals surface area contributed by atoms with E-state index in [2.05, 4.69) is 20.8 Å². The molecule has 0 aliphatic carbocycles. The van der Waals surface area contributed by atoms with Gasteiger partial charge in [-0.05, 0) is 30.9 Å². The number of carbonyl (C=O) groups is 1. The summed E-state index contributed by atoms with van der Waals surface area (Å²) in [6, 6.07) is 4.29. The van der Waals surface area contributed by atoms with Gasteiger partial charge in [-0.1, -0.05) is 20.8 Å². The lowest BCUT2D eigenvalue weighted by atomic mass is 9.93. The summed E-state index contributed by atoms with van der Waals surface area (Å²) >= 11 is 0. The molecule has 0 saturated carbocycles. The smallest absolute Gasteiger partial charge is 0.311 e. The van der Waals surface area contributed by atoms with Crippen LogP contribution in [0.1, 0.15) is 44.5 Å². The van der Waals surface area contributed by atoms with E-state index in [4.69, 9.17) is 4.74 Å². The minimum absolute atomic E-state index is 0.105. The largest absolute Gasteiger partial charge is 0.487 e. The highest BCUT2D eigenvalue weighted by Crippen LogP contribution is 2.29. The molecule has 1 rings (SSSR count). The van der Waals surface area contributed by atoms with Crippen LogP contribution in [0.5, 0.6) is 5.75 Å². The molecule has 1 aromatic rings. The average molecular weight is 265 g/mol. The van der Waals surface area contributed by atoms with E-state index in [0.29, 0.717) is 12.2 Å². The Morgan fingerprint density at radius 3 is 2.47 bits per heavy atom. The van der Waals surface area contributed by atoms with Gasteiger partial charge in [0.05, 0.1) is 11.5 Å². The van der Waals surface area contributed by atoms with Crippen molar-refractivity contribution in [1.82, 2.24) is 0 Å². The molecule has 0 aliphatic heterocycles. The van der Waals surface area contributed by atoms with E-state index in [-0.39, 0.29) is 22.6 Å². The molecular formula is C14H19NO4. The molecule has 0 fully saturated rings. The van der Waals surface area contributed by atoms with Crippen LogP contribution in [-0.4, -0.2) is 17.3 Å². The SMILES string of the molecule is CC(=O)c1ccc(OCCC(C)(C)C)c([N+](=O)[O-])c1. The number of ether oxygens (including phenoxy) is 1. The number of rotatable bonds is 5. The number of ketones is 1. The lowest BCUT2D eigenvalue weighted by Crippen LogP contribution is -2.11. The van der Waals surface area contributed by atoms with Crippen LogP contribution in [0.25, 0.3) is 0 Å². The van der Waals surface area contributed by atoms with Crippen molar-refractivity contribution in [1.29, 1.82) is 0 Å². The molecule has 5 nitrogen and oxygen atoms in total. The van der Waals surface area contributed by atoms with Crippen LogP contribution in [0.4, 0.5) is 5.69 Å². The second-order valence-corrected chi connectivity index (χ2v) is 5.65. The highest BCUT2D eigenvalue weighted by atomic mass is 16.6. The minimum atomic E-state index is -0.529. The Morgan fingerprint density at radius 1 is 1.37 bits per heavy atom. The lowest BCUT2D eigenvalue weighted by Gasteiger charge is -2.18. The Morgan fingerprint density at radius 2 is 2.00 bits per heavy atom. The maximum atomic E-state index is 11.2. The van der Waals surface area contributed by atoms with Gasteiger partial charge in [-0.25, -0.2) is 0 Å². The molecule has 0 saturated heterocycles. The van der Waals surface area contributed by atoms with Gasteiger partial charge in [0.1, 0.15) is 0 Å². The van der Waals surface area contributed by atoms with Crippen molar-refractivity contribution < 1.29 is 14.5 Å². The van der Waals surface area contributed by atoms with Crippen LogP contribution in [0, 0.1) is 15.5 Å². The van der Waals surface area contributed by atoms with Gasteiger partial charge >= 0.3 is 5.69 Å².